The second kappa shape index (κ2) is 9.08. The first-order chi connectivity index (χ1) is 12.0. The van der Waals surface area contributed by atoms with Gasteiger partial charge in [0.05, 0.1) is 6.54 Å². The molecule has 25 heavy (non-hydrogen) atoms. The molecule has 2 aromatic rings. The van der Waals surface area contributed by atoms with E-state index in [-0.39, 0.29) is 25.0 Å². The van der Waals surface area contributed by atoms with Gasteiger partial charge in [-0.15, -0.1) is 0 Å². The van der Waals surface area contributed by atoms with Crippen molar-refractivity contribution in [1.82, 2.24) is 4.90 Å². The second-order valence-corrected chi connectivity index (χ2v) is 6.03. The highest BCUT2D eigenvalue weighted by Crippen LogP contribution is 2.15. The van der Waals surface area contributed by atoms with Gasteiger partial charge in [0.1, 0.15) is 5.75 Å². The van der Waals surface area contributed by atoms with Gasteiger partial charge in [-0.1, -0.05) is 36.7 Å². The van der Waals surface area contributed by atoms with Crippen molar-refractivity contribution in [2.75, 3.05) is 25.5 Å². The summed E-state index contributed by atoms with van der Waals surface area (Å²) in [4.78, 5) is 25.4. The first kappa shape index (κ1) is 18.8. The normalized spacial score (nSPS) is 10.2. The van der Waals surface area contributed by atoms with E-state index in [9.17, 15) is 9.59 Å². The van der Waals surface area contributed by atoms with Gasteiger partial charge >= 0.3 is 0 Å². The van der Waals surface area contributed by atoms with E-state index < -0.39 is 0 Å². The number of likely N-dealkylation sites (N-methyl/N-ethyl adjacent to an activating group) is 1. The summed E-state index contributed by atoms with van der Waals surface area (Å²) in [5, 5.41) is 3.23. The third-order valence-electron chi connectivity index (χ3n) is 3.58. The second-order valence-electron chi connectivity index (χ2n) is 5.60. The summed E-state index contributed by atoms with van der Waals surface area (Å²) >= 11 is 5.87. The van der Waals surface area contributed by atoms with Crippen LogP contribution in [0.5, 0.6) is 5.75 Å². The third kappa shape index (κ3) is 6.12. The molecule has 0 fully saturated rings. The Labute approximate surface area is 152 Å². The van der Waals surface area contributed by atoms with E-state index in [4.69, 9.17) is 16.3 Å². The molecule has 0 aliphatic heterocycles. The molecule has 0 bridgehead atoms. The van der Waals surface area contributed by atoms with Crippen LogP contribution in [0.25, 0.3) is 0 Å². The maximum atomic E-state index is 12.1. The summed E-state index contributed by atoms with van der Waals surface area (Å²) in [6, 6.07) is 14.4. The highest BCUT2D eigenvalue weighted by atomic mass is 35.5. The van der Waals surface area contributed by atoms with Crippen LogP contribution in [0.15, 0.2) is 48.5 Å². The molecule has 0 aliphatic carbocycles. The summed E-state index contributed by atoms with van der Waals surface area (Å²) < 4.78 is 5.51. The number of amides is 2. The lowest BCUT2D eigenvalue weighted by molar-refractivity contribution is -0.135. The Kier molecular flexibility index (Phi) is 6.83. The number of carbonyl (C=O) groups is 2. The number of halogens is 1. The van der Waals surface area contributed by atoms with Crippen LogP contribution in [0.4, 0.5) is 5.69 Å². The van der Waals surface area contributed by atoms with Gasteiger partial charge in [-0.05, 0) is 42.3 Å². The first-order valence-corrected chi connectivity index (χ1v) is 8.37. The van der Waals surface area contributed by atoms with Gasteiger partial charge < -0.3 is 15.0 Å². The van der Waals surface area contributed by atoms with Crippen molar-refractivity contribution in [1.29, 1.82) is 0 Å². The summed E-state index contributed by atoms with van der Waals surface area (Å²) in [5.41, 5.74) is 1.73. The van der Waals surface area contributed by atoms with Crippen molar-refractivity contribution < 1.29 is 14.3 Å². The average Bonchev–Trinajstić information content (AvgIpc) is 2.59. The number of ether oxygens (including phenoxy) is 1. The van der Waals surface area contributed by atoms with E-state index in [1.807, 2.05) is 18.2 Å². The minimum atomic E-state index is -0.300. The van der Waals surface area contributed by atoms with Crippen LogP contribution in [0.2, 0.25) is 5.02 Å². The van der Waals surface area contributed by atoms with Crippen LogP contribution in [0.3, 0.4) is 0 Å². The zero-order valence-electron chi connectivity index (χ0n) is 14.3. The Bertz CT molecular complexity index is 749. The van der Waals surface area contributed by atoms with Crippen LogP contribution < -0.4 is 10.1 Å². The van der Waals surface area contributed by atoms with E-state index in [0.717, 1.165) is 12.0 Å². The SMILES string of the molecule is CCc1cccc(OCC(=O)N(C)CC(=O)Nc2cccc(Cl)c2)c1. The number of aryl methyl sites for hydroxylation is 1. The smallest absolute Gasteiger partial charge is 0.260 e. The van der Waals surface area contributed by atoms with Crippen LogP contribution >= 0.6 is 11.6 Å². The molecule has 2 amide bonds. The molecule has 132 valence electrons. The van der Waals surface area contributed by atoms with Gasteiger partial charge in [0.25, 0.3) is 5.91 Å². The van der Waals surface area contributed by atoms with Gasteiger partial charge in [-0.3, -0.25) is 9.59 Å². The third-order valence-corrected chi connectivity index (χ3v) is 3.82. The number of anilines is 1. The average molecular weight is 361 g/mol. The molecule has 0 atom stereocenters. The van der Waals surface area contributed by atoms with Crippen molar-refractivity contribution in [3.63, 3.8) is 0 Å². The van der Waals surface area contributed by atoms with Crippen molar-refractivity contribution >= 4 is 29.1 Å². The monoisotopic (exact) mass is 360 g/mol. The highest BCUT2D eigenvalue weighted by molar-refractivity contribution is 6.30. The lowest BCUT2D eigenvalue weighted by Crippen LogP contribution is -2.37. The largest absolute Gasteiger partial charge is 0.484 e. The molecule has 0 heterocycles. The number of hydrogen-bond acceptors (Lipinski definition) is 3. The van der Waals surface area contributed by atoms with Gasteiger partial charge in [-0.2, -0.15) is 0 Å². The number of benzene rings is 2. The molecule has 0 saturated heterocycles. The topological polar surface area (TPSA) is 58.6 Å². The Morgan fingerprint density at radius 1 is 1.16 bits per heavy atom. The lowest BCUT2D eigenvalue weighted by atomic mass is 10.2. The van der Waals surface area contributed by atoms with E-state index in [1.165, 1.54) is 4.90 Å². The van der Waals surface area contributed by atoms with Crippen LogP contribution in [-0.2, 0) is 16.0 Å². The van der Waals surface area contributed by atoms with Crippen LogP contribution in [0, 0.1) is 0 Å². The van der Waals surface area contributed by atoms with Gasteiger partial charge in [0.2, 0.25) is 5.91 Å². The summed E-state index contributed by atoms with van der Waals surface area (Å²) in [7, 11) is 1.56. The number of nitrogens with one attached hydrogen (secondary N) is 1. The number of rotatable bonds is 7. The Balaban J connectivity index is 1.82. The van der Waals surface area contributed by atoms with Gasteiger partial charge in [0, 0.05) is 17.8 Å². The van der Waals surface area contributed by atoms with E-state index in [0.29, 0.717) is 16.5 Å². The standard InChI is InChI=1S/C19H21ClN2O3/c1-3-14-6-4-9-17(10-14)25-13-19(24)22(2)12-18(23)21-16-8-5-7-15(20)11-16/h4-11H,3,12-13H2,1-2H3,(H,21,23). The Hall–Kier alpha value is -2.53. The van der Waals surface area contributed by atoms with E-state index in [1.54, 1.807) is 37.4 Å². The summed E-state index contributed by atoms with van der Waals surface area (Å²) in [6.07, 6.45) is 0.898. The molecule has 5 nitrogen and oxygen atoms in total. The molecule has 0 unspecified atom stereocenters. The van der Waals surface area contributed by atoms with Crippen LogP contribution in [-0.4, -0.2) is 36.9 Å². The molecule has 0 spiro atoms. The predicted molar refractivity (Wildman–Crippen MR) is 99.0 cm³/mol. The molecule has 0 radical (unpaired) electrons. The number of nitrogens with zero attached hydrogens (tertiary/aromatic N) is 1. The predicted octanol–water partition coefficient (Wildman–Crippen LogP) is 3.38. The number of hydrogen-bond donors (Lipinski definition) is 1. The highest BCUT2D eigenvalue weighted by Gasteiger charge is 2.14. The Morgan fingerprint density at radius 3 is 2.64 bits per heavy atom. The van der Waals surface area contributed by atoms with Crippen molar-refractivity contribution in [3.05, 3.63) is 59.1 Å². The van der Waals surface area contributed by atoms with Gasteiger partial charge in [-0.25, -0.2) is 0 Å². The van der Waals surface area contributed by atoms with Crippen LogP contribution in [0.1, 0.15) is 12.5 Å². The molecule has 2 rings (SSSR count). The zero-order valence-corrected chi connectivity index (χ0v) is 15.0. The first-order valence-electron chi connectivity index (χ1n) is 7.99. The van der Waals surface area contributed by atoms with E-state index in [2.05, 4.69) is 12.2 Å². The molecular formula is C19H21ClN2O3. The lowest BCUT2D eigenvalue weighted by Gasteiger charge is -2.17. The zero-order chi connectivity index (χ0) is 18.2. The van der Waals surface area contributed by atoms with Crippen molar-refractivity contribution in [2.45, 2.75) is 13.3 Å². The van der Waals surface area contributed by atoms with Crippen molar-refractivity contribution in [2.24, 2.45) is 0 Å². The molecule has 0 aromatic heterocycles. The molecule has 0 saturated carbocycles. The maximum absolute atomic E-state index is 12.1. The molecule has 6 heteroatoms. The molecule has 0 aliphatic rings. The minimum Gasteiger partial charge on any atom is -0.484 e. The fourth-order valence-corrected chi connectivity index (χ4v) is 2.37. The van der Waals surface area contributed by atoms with Gasteiger partial charge in [0.15, 0.2) is 6.61 Å². The maximum Gasteiger partial charge on any atom is 0.260 e. The Morgan fingerprint density at radius 2 is 1.92 bits per heavy atom. The number of carbonyl (C=O) groups excluding carboxylic acids is 2. The van der Waals surface area contributed by atoms with Crippen molar-refractivity contribution in [3.8, 4) is 5.75 Å². The fourth-order valence-electron chi connectivity index (χ4n) is 2.18. The molecule has 1 N–H and O–H groups in total. The molecule has 2 aromatic carbocycles. The minimum absolute atomic E-state index is 0.0658. The quantitative estimate of drug-likeness (QED) is 0.823. The fraction of sp³-hybridized carbons (Fsp3) is 0.263. The summed E-state index contributed by atoms with van der Waals surface area (Å²) in [5.74, 6) is 0.0683. The summed E-state index contributed by atoms with van der Waals surface area (Å²) in [6.45, 7) is 1.87. The van der Waals surface area contributed by atoms with E-state index >= 15 is 0 Å². The molecular weight excluding hydrogens is 340 g/mol.